The van der Waals surface area contributed by atoms with E-state index in [0.717, 1.165) is 0 Å². The van der Waals surface area contributed by atoms with E-state index in [4.69, 9.17) is 5.41 Å². The van der Waals surface area contributed by atoms with Crippen molar-refractivity contribution in [3.8, 4) is 0 Å². The van der Waals surface area contributed by atoms with E-state index in [1.807, 2.05) is 0 Å². The first-order valence-electron chi connectivity index (χ1n) is 8.61. The van der Waals surface area contributed by atoms with Crippen molar-refractivity contribution in [2.75, 3.05) is 10.1 Å². The maximum atomic E-state index is 12.4. The largest absolute Gasteiger partial charge is 0.302 e. The first kappa shape index (κ1) is 20.3. The molecule has 2 aromatic rings. The van der Waals surface area contributed by atoms with Crippen LogP contribution in [0.3, 0.4) is 0 Å². The number of hydrogen-bond acceptors (Lipinski definition) is 9. The van der Waals surface area contributed by atoms with Gasteiger partial charge in [0.15, 0.2) is 11.6 Å². The zero-order valence-electron chi connectivity index (χ0n) is 15.6. The lowest BCUT2D eigenvalue weighted by Gasteiger charge is -2.23. The molecule has 0 saturated heterocycles. The second kappa shape index (κ2) is 7.87. The fourth-order valence-electron chi connectivity index (χ4n) is 2.66. The van der Waals surface area contributed by atoms with Gasteiger partial charge < -0.3 is 5.41 Å². The Labute approximate surface area is 167 Å². The van der Waals surface area contributed by atoms with Crippen molar-refractivity contribution in [2.24, 2.45) is 16.9 Å². The van der Waals surface area contributed by atoms with E-state index in [2.05, 4.69) is 25.2 Å². The number of benzene rings is 1. The number of hydrogen-bond donors (Lipinski definition) is 3. The van der Waals surface area contributed by atoms with E-state index in [1.54, 1.807) is 13.0 Å². The number of aromatic nitrogens is 2. The van der Waals surface area contributed by atoms with Crippen LogP contribution in [0.1, 0.15) is 13.8 Å². The zero-order chi connectivity index (χ0) is 21.2. The summed E-state index contributed by atoms with van der Waals surface area (Å²) in [4.78, 5) is 31.8. The predicted molar refractivity (Wildman–Crippen MR) is 106 cm³/mol. The highest BCUT2D eigenvalue weighted by molar-refractivity contribution is 7.92. The standard InChI is InChI=1S/C18H18N6O4S/c1-10-14(19)15(17(26)11(2)16(10)25)23-22-12-4-6-13(7-5-12)29(27,28)24-18-20-8-3-9-21-18/h3-11,19,22H,1-2H3,(H,20,21,24)/b19-14?,23-15-. The van der Waals surface area contributed by atoms with Gasteiger partial charge >= 0.3 is 0 Å². The Bertz CT molecular complexity index is 1070. The van der Waals surface area contributed by atoms with Gasteiger partial charge in [-0.2, -0.15) is 5.10 Å². The Morgan fingerprint density at radius 3 is 2.28 bits per heavy atom. The van der Waals surface area contributed by atoms with Gasteiger partial charge in [-0.15, -0.1) is 0 Å². The molecule has 1 aliphatic carbocycles. The second-order valence-corrected chi connectivity index (χ2v) is 8.08. The van der Waals surface area contributed by atoms with Crippen molar-refractivity contribution in [1.82, 2.24) is 9.97 Å². The normalized spacial score (nSPS) is 21.3. The van der Waals surface area contributed by atoms with Gasteiger partial charge in [0.1, 0.15) is 5.71 Å². The van der Waals surface area contributed by atoms with Gasteiger partial charge in [-0.3, -0.25) is 15.0 Å². The van der Waals surface area contributed by atoms with Gasteiger partial charge in [0, 0.05) is 12.4 Å². The van der Waals surface area contributed by atoms with Crippen LogP contribution in [-0.2, 0) is 19.6 Å². The summed E-state index contributed by atoms with van der Waals surface area (Å²) in [6.45, 7) is 3.05. The van der Waals surface area contributed by atoms with Crippen LogP contribution in [0.5, 0.6) is 0 Å². The molecule has 1 heterocycles. The van der Waals surface area contributed by atoms with Crippen LogP contribution in [0.15, 0.2) is 52.7 Å². The van der Waals surface area contributed by atoms with Crippen LogP contribution in [0.4, 0.5) is 11.6 Å². The summed E-state index contributed by atoms with van der Waals surface area (Å²) < 4.78 is 27.0. The maximum Gasteiger partial charge on any atom is 0.264 e. The molecule has 1 aromatic heterocycles. The van der Waals surface area contributed by atoms with E-state index in [-0.39, 0.29) is 28.1 Å². The zero-order valence-corrected chi connectivity index (χ0v) is 16.4. The minimum absolute atomic E-state index is 0.0162. The molecular formula is C18H18N6O4S. The minimum Gasteiger partial charge on any atom is -0.302 e. The molecule has 1 saturated carbocycles. The minimum atomic E-state index is -3.87. The molecule has 3 rings (SSSR count). The number of anilines is 2. The third kappa shape index (κ3) is 4.19. The van der Waals surface area contributed by atoms with Crippen molar-refractivity contribution in [3.05, 3.63) is 42.7 Å². The Kier molecular flexibility index (Phi) is 5.50. The highest BCUT2D eigenvalue weighted by Gasteiger charge is 2.40. The fourth-order valence-corrected chi connectivity index (χ4v) is 3.62. The van der Waals surface area contributed by atoms with Crippen LogP contribution in [0.2, 0.25) is 0 Å². The SMILES string of the molecule is CC1C(=N)/C(=N/Nc2ccc(S(=O)(=O)Nc3ncccn3)cc2)C(=O)C(C)C1=O. The van der Waals surface area contributed by atoms with Gasteiger partial charge in [-0.05, 0) is 44.2 Å². The summed E-state index contributed by atoms with van der Waals surface area (Å²) in [7, 11) is -3.87. The lowest BCUT2D eigenvalue weighted by atomic mass is 9.78. The van der Waals surface area contributed by atoms with Crippen LogP contribution >= 0.6 is 0 Å². The van der Waals surface area contributed by atoms with Crippen molar-refractivity contribution >= 4 is 44.6 Å². The fraction of sp³-hybridized carbons (Fsp3) is 0.222. The quantitative estimate of drug-likeness (QED) is 0.494. The van der Waals surface area contributed by atoms with Crippen LogP contribution in [0, 0.1) is 17.2 Å². The van der Waals surface area contributed by atoms with E-state index in [0.29, 0.717) is 5.69 Å². The average molecular weight is 414 g/mol. The molecule has 29 heavy (non-hydrogen) atoms. The van der Waals surface area contributed by atoms with Crippen LogP contribution in [0.25, 0.3) is 0 Å². The topological polar surface area (TPSA) is 154 Å². The number of nitrogens with zero attached hydrogens (tertiary/aromatic N) is 3. The number of carbonyl (C=O) groups excluding carboxylic acids is 2. The van der Waals surface area contributed by atoms with E-state index < -0.39 is 27.6 Å². The Morgan fingerprint density at radius 2 is 1.66 bits per heavy atom. The molecule has 0 bridgehead atoms. The summed E-state index contributed by atoms with van der Waals surface area (Å²) in [5.74, 6) is -2.42. The highest BCUT2D eigenvalue weighted by atomic mass is 32.2. The average Bonchev–Trinajstić information content (AvgIpc) is 2.71. The van der Waals surface area contributed by atoms with Gasteiger partial charge in [0.05, 0.1) is 28.1 Å². The first-order valence-corrected chi connectivity index (χ1v) is 10.1. The number of rotatable bonds is 5. The summed E-state index contributed by atoms with van der Waals surface area (Å²) in [5, 5.41) is 11.9. The molecule has 11 heteroatoms. The van der Waals surface area contributed by atoms with E-state index >= 15 is 0 Å². The molecule has 1 fully saturated rings. The molecule has 3 N–H and O–H groups in total. The van der Waals surface area contributed by atoms with Crippen LogP contribution in [-0.4, -0.2) is 41.4 Å². The molecule has 2 unspecified atom stereocenters. The van der Waals surface area contributed by atoms with Gasteiger partial charge in [0.2, 0.25) is 5.95 Å². The molecule has 1 aliphatic rings. The number of nitrogens with one attached hydrogen (secondary N) is 3. The molecule has 2 atom stereocenters. The molecule has 0 aliphatic heterocycles. The Hall–Kier alpha value is -3.47. The van der Waals surface area contributed by atoms with Gasteiger partial charge in [0.25, 0.3) is 10.0 Å². The third-order valence-corrected chi connectivity index (χ3v) is 5.77. The second-order valence-electron chi connectivity index (χ2n) is 6.40. The smallest absolute Gasteiger partial charge is 0.264 e. The van der Waals surface area contributed by atoms with Crippen molar-refractivity contribution < 1.29 is 18.0 Å². The number of carbonyl (C=O) groups is 2. The summed E-state index contributed by atoms with van der Waals surface area (Å²) >= 11 is 0. The Morgan fingerprint density at radius 1 is 1.03 bits per heavy atom. The maximum absolute atomic E-state index is 12.4. The van der Waals surface area contributed by atoms with Crippen molar-refractivity contribution in [3.63, 3.8) is 0 Å². The Balaban J connectivity index is 1.75. The van der Waals surface area contributed by atoms with E-state index in [1.165, 1.54) is 43.6 Å². The number of Topliss-reactive ketones (excluding diaryl/α,β-unsaturated/α-hetero) is 2. The molecule has 0 spiro atoms. The summed E-state index contributed by atoms with van der Waals surface area (Å²) in [5.41, 5.74) is 2.79. The molecule has 150 valence electrons. The summed E-state index contributed by atoms with van der Waals surface area (Å²) in [6.07, 6.45) is 2.83. The predicted octanol–water partition coefficient (Wildman–Crippen LogP) is 1.49. The van der Waals surface area contributed by atoms with Crippen molar-refractivity contribution in [1.29, 1.82) is 5.41 Å². The lowest BCUT2D eigenvalue weighted by molar-refractivity contribution is -0.130. The molecule has 0 radical (unpaired) electrons. The first-order chi connectivity index (χ1) is 13.7. The summed E-state index contributed by atoms with van der Waals surface area (Å²) in [6, 6.07) is 7.17. The number of sulfonamides is 1. The highest BCUT2D eigenvalue weighted by Crippen LogP contribution is 2.20. The number of ketones is 2. The van der Waals surface area contributed by atoms with Crippen LogP contribution < -0.4 is 10.1 Å². The third-order valence-electron chi connectivity index (χ3n) is 4.42. The monoisotopic (exact) mass is 414 g/mol. The van der Waals surface area contributed by atoms with E-state index in [9.17, 15) is 18.0 Å². The molecule has 1 aromatic carbocycles. The van der Waals surface area contributed by atoms with Gasteiger partial charge in [-0.1, -0.05) is 0 Å². The molecule has 0 amide bonds. The lowest BCUT2D eigenvalue weighted by Crippen LogP contribution is -2.46. The number of hydrazone groups is 1. The van der Waals surface area contributed by atoms with Crippen molar-refractivity contribution in [2.45, 2.75) is 18.7 Å². The van der Waals surface area contributed by atoms with Gasteiger partial charge in [-0.25, -0.2) is 23.1 Å². The molecular weight excluding hydrogens is 396 g/mol. The molecule has 10 nitrogen and oxygen atoms in total.